The topological polar surface area (TPSA) is 80.1 Å². The minimum atomic E-state index is -0.948. The van der Waals surface area contributed by atoms with Gasteiger partial charge in [-0.25, -0.2) is 0 Å². The van der Waals surface area contributed by atoms with E-state index in [0.29, 0.717) is 13.0 Å². The Balaban J connectivity index is 2.26. The van der Waals surface area contributed by atoms with E-state index in [1.54, 1.807) is 10.9 Å². The number of carboxylic acid groups (broad SMARTS) is 1. The molecule has 5 nitrogen and oxygen atoms in total. The lowest BCUT2D eigenvalue weighted by molar-refractivity contribution is -0.754. The van der Waals surface area contributed by atoms with Crippen LogP contribution in [0.4, 0.5) is 0 Å². The lowest BCUT2D eigenvalue weighted by Gasteiger charge is -2.02. The van der Waals surface area contributed by atoms with E-state index in [-0.39, 0.29) is 0 Å². The molecule has 0 aliphatic heterocycles. The van der Waals surface area contributed by atoms with Gasteiger partial charge in [0.1, 0.15) is 6.04 Å². The van der Waals surface area contributed by atoms with E-state index in [4.69, 9.17) is 10.8 Å². The van der Waals surface area contributed by atoms with Crippen LogP contribution in [0.5, 0.6) is 0 Å². The van der Waals surface area contributed by atoms with Gasteiger partial charge in [0.15, 0.2) is 12.7 Å². The highest BCUT2D eigenvalue weighted by atomic mass is 16.4. The summed E-state index contributed by atoms with van der Waals surface area (Å²) in [5, 5.41) is 12.6. The lowest BCUT2D eigenvalue weighted by Crippen LogP contribution is -2.38. The predicted octanol–water partition coefficient (Wildman–Crippen LogP) is -0.439. The summed E-state index contributed by atoms with van der Waals surface area (Å²) in [7, 11) is 0. The van der Waals surface area contributed by atoms with E-state index in [1.165, 1.54) is 0 Å². The standard InChI is InChI=1S/C9H13N3O2/c10-8(9(13)14)4-3-7-12-6-2-1-5-11-12/h1-2,5-6,8H,3-4,7,10H2/p+1/t8-/m0/s1. The maximum atomic E-state index is 10.4. The molecular formula is C9H14N3O2+. The molecule has 1 aromatic rings. The van der Waals surface area contributed by atoms with Gasteiger partial charge in [-0.3, -0.25) is 4.79 Å². The quantitative estimate of drug-likeness (QED) is 0.626. The predicted molar refractivity (Wildman–Crippen MR) is 49.3 cm³/mol. The number of nitrogens with two attached hydrogens (primary N) is 1. The second-order valence-corrected chi connectivity index (χ2v) is 3.05. The minimum Gasteiger partial charge on any atom is -0.480 e. The average molecular weight is 196 g/mol. The summed E-state index contributed by atoms with van der Waals surface area (Å²) in [6, 6.07) is 2.95. The van der Waals surface area contributed by atoms with Crippen LogP contribution in [0.15, 0.2) is 24.5 Å². The fourth-order valence-electron chi connectivity index (χ4n) is 1.09. The molecule has 0 aliphatic carbocycles. The minimum absolute atomic E-state index is 0.471. The van der Waals surface area contributed by atoms with Crippen molar-refractivity contribution in [2.75, 3.05) is 0 Å². The normalized spacial score (nSPS) is 12.4. The molecule has 1 heterocycles. The first-order chi connectivity index (χ1) is 6.70. The maximum absolute atomic E-state index is 10.4. The summed E-state index contributed by atoms with van der Waals surface area (Å²) in [5.41, 5.74) is 5.35. The fourth-order valence-corrected chi connectivity index (χ4v) is 1.09. The number of aromatic nitrogens is 2. The van der Waals surface area contributed by atoms with E-state index in [1.807, 2.05) is 18.3 Å². The van der Waals surface area contributed by atoms with E-state index in [2.05, 4.69) is 5.10 Å². The molecule has 1 rings (SSSR count). The van der Waals surface area contributed by atoms with Crippen molar-refractivity contribution in [1.29, 1.82) is 0 Å². The van der Waals surface area contributed by atoms with Crippen molar-refractivity contribution in [3.8, 4) is 0 Å². The van der Waals surface area contributed by atoms with E-state index < -0.39 is 12.0 Å². The van der Waals surface area contributed by atoms with Gasteiger partial charge < -0.3 is 10.8 Å². The molecule has 3 N–H and O–H groups in total. The van der Waals surface area contributed by atoms with Crippen LogP contribution in [-0.4, -0.2) is 22.2 Å². The zero-order valence-electron chi connectivity index (χ0n) is 7.84. The second kappa shape index (κ2) is 5.29. The van der Waals surface area contributed by atoms with Gasteiger partial charge in [-0.1, -0.05) is 4.68 Å². The third-order valence-electron chi connectivity index (χ3n) is 1.89. The van der Waals surface area contributed by atoms with Gasteiger partial charge in [0.05, 0.1) is 6.20 Å². The monoisotopic (exact) mass is 196 g/mol. The molecule has 0 amide bonds. The van der Waals surface area contributed by atoms with Gasteiger partial charge in [-0.2, -0.15) is 0 Å². The number of carbonyl (C=O) groups is 1. The molecule has 0 aliphatic rings. The Labute approximate surface area is 82.2 Å². The zero-order valence-corrected chi connectivity index (χ0v) is 7.84. The van der Waals surface area contributed by atoms with Crippen molar-refractivity contribution in [1.82, 2.24) is 5.10 Å². The van der Waals surface area contributed by atoms with Crippen LogP contribution in [0.2, 0.25) is 0 Å². The fraction of sp³-hybridized carbons (Fsp3) is 0.444. The molecule has 5 heteroatoms. The Hall–Kier alpha value is -1.49. The SMILES string of the molecule is N[C@@H](CCC[n+]1ccccn1)C(=O)O. The van der Waals surface area contributed by atoms with Crippen LogP contribution in [0, 0.1) is 0 Å². The third kappa shape index (κ3) is 3.49. The highest BCUT2D eigenvalue weighted by Crippen LogP contribution is 1.93. The van der Waals surface area contributed by atoms with Crippen molar-refractivity contribution in [3.05, 3.63) is 24.5 Å². The van der Waals surface area contributed by atoms with Crippen molar-refractivity contribution in [3.63, 3.8) is 0 Å². The molecule has 1 aromatic heterocycles. The first-order valence-electron chi connectivity index (χ1n) is 4.49. The van der Waals surface area contributed by atoms with Crippen molar-refractivity contribution < 1.29 is 14.6 Å². The first-order valence-corrected chi connectivity index (χ1v) is 4.49. The zero-order chi connectivity index (χ0) is 10.4. The highest BCUT2D eigenvalue weighted by molar-refractivity contribution is 5.72. The van der Waals surface area contributed by atoms with E-state index in [9.17, 15) is 4.79 Å². The Kier molecular flexibility index (Phi) is 4.00. The smallest absolute Gasteiger partial charge is 0.320 e. The molecule has 0 spiro atoms. The molecule has 0 saturated carbocycles. The van der Waals surface area contributed by atoms with E-state index in [0.717, 1.165) is 6.42 Å². The highest BCUT2D eigenvalue weighted by Gasteiger charge is 2.11. The second-order valence-electron chi connectivity index (χ2n) is 3.05. The van der Waals surface area contributed by atoms with Crippen molar-refractivity contribution in [2.24, 2.45) is 5.73 Å². The molecule has 0 saturated heterocycles. The number of hydrogen-bond acceptors (Lipinski definition) is 3. The Morgan fingerprint density at radius 1 is 1.57 bits per heavy atom. The number of hydrogen-bond donors (Lipinski definition) is 2. The first kappa shape index (κ1) is 10.6. The van der Waals surface area contributed by atoms with Gasteiger partial charge in [-0.05, 0) is 17.6 Å². The number of aryl methyl sites for hydroxylation is 1. The lowest BCUT2D eigenvalue weighted by atomic mass is 10.2. The van der Waals surface area contributed by atoms with Crippen LogP contribution < -0.4 is 10.4 Å². The Bertz CT molecular complexity index is 289. The summed E-state index contributed by atoms with van der Waals surface area (Å²) in [6.45, 7) is 0.696. The summed E-state index contributed by atoms with van der Waals surface area (Å²) < 4.78 is 1.76. The summed E-state index contributed by atoms with van der Waals surface area (Å²) in [6.07, 6.45) is 4.72. The molecule has 76 valence electrons. The number of rotatable bonds is 5. The van der Waals surface area contributed by atoms with E-state index >= 15 is 0 Å². The maximum Gasteiger partial charge on any atom is 0.320 e. The van der Waals surface area contributed by atoms with Crippen molar-refractivity contribution in [2.45, 2.75) is 25.4 Å². The third-order valence-corrected chi connectivity index (χ3v) is 1.89. The Morgan fingerprint density at radius 2 is 2.36 bits per heavy atom. The molecule has 0 aromatic carbocycles. The molecule has 0 bridgehead atoms. The van der Waals surface area contributed by atoms with Crippen LogP contribution in [0.25, 0.3) is 0 Å². The van der Waals surface area contributed by atoms with Gasteiger partial charge in [0, 0.05) is 12.5 Å². The largest absolute Gasteiger partial charge is 0.480 e. The molecular weight excluding hydrogens is 182 g/mol. The summed E-state index contributed by atoms with van der Waals surface area (Å²) in [4.78, 5) is 10.4. The average Bonchev–Trinajstić information content (AvgIpc) is 2.19. The molecule has 0 fully saturated rings. The Morgan fingerprint density at radius 3 is 2.93 bits per heavy atom. The molecule has 0 unspecified atom stereocenters. The summed E-state index contributed by atoms with van der Waals surface area (Å²) >= 11 is 0. The van der Waals surface area contributed by atoms with Gasteiger partial charge in [0.25, 0.3) is 0 Å². The van der Waals surface area contributed by atoms with Gasteiger partial charge in [-0.15, -0.1) is 0 Å². The van der Waals surface area contributed by atoms with Crippen molar-refractivity contribution >= 4 is 5.97 Å². The van der Waals surface area contributed by atoms with Crippen LogP contribution in [0.1, 0.15) is 12.8 Å². The number of aliphatic carboxylic acids is 1. The molecule has 1 atom stereocenters. The van der Waals surface area contributed by atoms with Crippen LogP contribution in [0.3, 0.4) is 0 Å². The van der Waals surface area contributed by atoms with Crippen LogP contribution >= 0.6 is 0 Å². The number of nitrogens with zero attached hydrogens (tertiary/aromatic N) is 2. The van der Waals surface area contributed by atoms with Crippen LogP contribution in [-0.2, 0) is 11.3 Å². The van der Waals surface area contributed by atoms with Gasteiger partial charge >= 0.3 is 5.97 Å². The molecule has 14 heavy (non-hydrogen) atoms. The number of carboxylic acids is 1. The summed E-state index contributed by atoms with van der Waals surface area (Å²) in [5.74, 6) is -0.948. The van der Waals surface area contributed by atoms with Gasteiger partial charge in [0.2, 0.25) is 0 Å². The molecule has 0 radical (unpaired) electrons.